The Bertz CT molecular complexity index is 80.3. The van der Waals surface area contributed by atoms with Crippen molar-refractivity contribution < 1.29 is 14.6 Å². The molecule has 0 saturated carbocycles. The summed E-state index contributed by atoms with van der Waals surface area (Å²) in [5, 5.41) is 8.83. The lowest BCUT2D eigenvalue weighted by atomic mass is 10.4. The predicted octanol–water partition coefficient (Wildman–Crippen LogP) is -0.0410. The Balaban J connectivity index is 2.18. The van der Waals surface area contributed by atoms with Crippen LogP contribution >= 0.6 is 11.6 Å². The smallest absolute Gasteiger partial charge is 0.171 e. The van der Waals surface area contributed by atoms with E-state index in [9.17, 15) is 0 Å². The molecule has 1 heterocycles. The fraction of sp³-hybridized carbons (Fsp3) is 1.00. The summed E-state index contributed by atoms with van der Waals surface area (Å²) < 4.78 is 9.87. The lowest BCUT2D eigenvalue weighted by Crippen LogP contribution is -2.36. The summed E-state index contributed by atoms with van der Waals surface area (Å²) >= 11 is 5.40. The Labute approximate surface area is 58.5 Å². The minimum atomic E-state index is -0.482. The molecule has 0 atom stereocenters. The third-order valence-electron chi connectivity index (χ3n) is 1.07. The van der Waals surface area contributed by atoms with Gasteiger partial charge in [0.1, 0.15) is 6.10 Å². The molecule has 0 spiro atoms. The molecule has 1 N–H and O–H groups in total. The second-order valence-corrected chi connectivity index (χ2v) is 2.21. The molecule has 3 nitrogen and oxygen atoms in total. The van der Waals surface area contributed by atoms with Crippen LogP contribution in [0.15, 0.2) is 0 Å². The van der Waals surface area contributed by atoms with Crippen molar-refractivity contribution in [3.63, 3.8) is 0 Å². The van der Waals surface area contributed by atoms with Gasteiger partial charge in [-0.05, 0) is 0 Å². The maximum atomic E-state index is 8.83. The van der Waals surface area contributed by atoms with Crippen molar-refractivity contribution in [2.75, 3.05) is 19.1 Å². The Morgan fingerprint density at radius 2 is 2.00 bits per heavy atom. The highest BCUT2D eigenvalue weighted by Gasteiger charge is 2.18. The van der Waals surface area contributed by atoms with E-state index >= 15 is 0 Å². The predicted molar refractivity (Wildman–Crippen MR) is 32.4 cm³/mol. The molecular formula is C5H9ClO3. The van der Waals surface area contributed by atoms with Gasteiger partial charge in [0.2, 0.25) is 0 Å². The lowest BCUT2D eigenvalue weighted by molar-refractivity contribution is -0.205. The lowest BCUT2D eigenvalue weighted by Gasteiger charge is -2.24. The van der Waals surface area contributed by atoms with Crippen LogP contribution < -0.4 is 0 Å². The first-order valence-electron chi connectivity index (χ1n) is 2.80. The van der Waals surface area contributed by atoms with Crippen LogP contribution in [-0.2, 0) is 9.47 Å². The van der Waals surface area contributed by atoms with Crippen LogP contribution in [0.1, 0.15) is 0 Å². The summed E-state index contributed by atoms with van der Waals surface area (Å²) in [5.74, 6) is 0.326. The Morgan fingerprint density at radius 3 is 2.44 bits per heavy atom. The maximum Gasteiger partial charge on any atom is 0.171 e. The van der Waals surface area contributed by atoms with Crippen molar-refractivity contribution >= 4 is 11.6 Å². The number of halogens is 1. The third-order valence-corrected chi connectivity index (χ3v) is 1.33. The molecule has 9 heavy (non-hydrogen) atoms. The van der Waals surface area contributed by atoms with Crippen molar-refractivity contribution in [3.8, 4) is 0 Å². The third kappa shape index (κ3) is 2.10. The van der Waals surface area contributed by atoms with E-state index in [1.807, 2.05) is 0 Å². The number of rotatable bonds is 1. The largest absolute Gasteiger partial charge is 0.388 e. The number of alkyl halides is 1. The van der Waals surface area contributed by atoms with Crippen molar-refractivity contribution in [1.29, 1.82) is 0 Å². The van der Waals surface area contributed by atoms with Crippen LogP contribution in [0.4, 0.5) is 0 Å². The van der Waals surface area contributed by atoms with Gasteiger partial charge in [-0.2, -0.15) is 0 Å². The van der Waals surface area contributed by atoms with E-state index in [0.29, 0.717) is 19.1 Å². The van der Waals surface area contributed by atoms with E-state index in [0.717, 1.165) is 0 Å². The fourth-order valence-corrected chi connectivity index (χ4v) is 0.800. The molecule has 54 valence electrons. The van der Waals surface area contributed by atoms with Gasteiger partial charge in [0.25, 0.3) is 0 Å². The second-order valence-electron chi connectivity index (χ2n) is 1.90. The molecule has 0 unspecified atom stereocenters. The van der Waals surface area contributed by atoms with Crippen molar-refractivity contribution in [3.05, 3.63) is 0 Å². The van der Waals surface area contributed by atoms with Gasteiger partial charge in [-0.15, -0.1) is 11.6 Å². The highest BCUT2D eigenvalue weighted by molar-refractivity contribution is 6.18. The highest BCUT2D eigenvalue weighted by atomic mass is 35.5. The molecule has 0 aliphatic carbocycles. The number of hydrogen-bond acceptors (Lipinski definition) is 3. The SMILES string of the molecule is OC1COC(CCl)OC1. The number of hydrogen-bond donors (Lipinski definition) is 1. The summed E-state index contributed by atoms with van der Waals surface area (Å²) in [6.45, 7) is 0.661. The fourth-order valence-electron chi connectivity index (χ4n) is 0.622. The minimum absolute atomic E-state index is 0.324. The maximum absolute atomic E-state index is 8.83. The molecular weight excluding hydrogens is 144 g/mol. The standard InChI is InChI=1S/C5H9ClO3/c6-1-5-8-2-4(7)3-9-5/h4-5,7H,1-3H2. The molecule has 1 aliphatic rings. The van der Waals surface area contributed by atoms with Gasteiger partial charge < -0.3 is 14.6 Å². The average molecular weight is 153 g/mol. The molecule has 1 fully saturated rings. The van der Waals surface area contributed by atoms with Crippen molar-refractivity contribution in [2.45, 2.75) is 12.4 Å². The van der Waals surface area contributed by atoms with Gasteiger partial charge >= 0.3 is 0 Å². The first kappa shape index (κ1) is 7.28. The summed E-state index contributed by atoms with van der Waals surface area (Å²) in [5.41, 5.74) is 0. The molecule has 1 saturated heterocycles. The highest BCUT2D eigenvalue weighted by Crippen LogP contribution is 2.05. The first-order chi connectivity index (χ1) is 4.33. The van der Waals surface area contributed by atoms with Crippen molar-refractivity contribution in [2.24, 2.45) is 0 Å². The molecule has 1 rings (SSSR count). The summed E-state index contributed by atoms with van der Waals surface area (Å²) in [6, 6.07) is 0. The molecule has 0 amide bonds. The van der Waals surface area contributed by atoms with E-state index in [1.165, 1.54) is 0 Å². The molecule has 0 bridgehead atoms. The Kier molecular flexibility index (Phi) is 2.72. The van der Waals surface area contributed by atoms with Gasteiger partial charge in [0.05, 0.1) is 19.1 Å². The van der Waals surface area contributed by atoms with Crippen LogP contribution in [0.5, 0.6) is 0 Å². The van der Waals surface area contributed by atoms with Crippen LogP contribution in [0.3, 0.4) is 0 Å². The van der Waals surface area contributed by atoms with E-state index in [2.05, 4.69) is 0 Å². The average Bonchev–Trinajstić information content (AvgIpc) is 1.90. The number of ether oxygens (including phenoxy) is 2. The Hall–Kier alpha value is 0.170. The molecule has 0 aromatic heterocycles. The minimum Gasteiger partial charge on any atom is -0.388 e. The van der Waals surface area contributed by atoms with Crippen LogP contribution in [-0.4, -0.2) is 36.6 Å². The second kappa shape index (κ2) is 3.37. The number of aliphatic hydroxyl groups is 1. The normalized spacial score (nSPS) is 36.7. The van der Waals surface area contributed by atoms with Crippen LogP contribution in [0.25, 0.3) is 0 Å². The summed E-state index contributed by atoms with van der Waals surface area (Å²) in [4.78, 5) is 0. The summed E-state index contributed by atoms with van der Waals surface area (Å²) in [7, 11) is 0. The van der Waals surface area contributed by atoms with Gasteiger partial charge in [0.15, 0.2) is 6.29 Å². The van der Waals surface area contributed by atoms with E-state index in [1.54, 1.807) is 0 Å². The van der Waals surface area contributed by atoms with E-state index < -0.39 is 6.10 Å². The zero-order valence-electron chi connectivity index (χ0n) is 4.92. The van der Waals surface area contributed by atoms with Crippen LogP contribution in [0.2, 0.25) is 0 Å². The van der Waals surface area contributed by atoms with Gasteiger partial charge in [0, 0.05) is 0 Å². The molecule has 1 aliphatic heterocycles. The van der Waals surface area contributed by atoms with E-state index in [4.69, 9.17) is 26.2 Å². The quantitative estimate of drug-likeness (QED) is 0.536. The zero-order chi connectivity index (χ0) is 6.69. The zero-order valence-corrected chi connectivity index (χ0v) is 5.67. The Morgan fingerprint density at radius 1 is 1.44 bits per heavy atom. The van der Waals surface area contributed by atoms with Crippen molar-refractivity contribution in [1.82, 2.24) is 0 Å². The topological polar surface area (TPSA) is 38.7 Å². The van der Waals surface area contributed by atoms with Crippen LogP contribution in [0, 0.1) is 0 Å². The summed E-state index contributed by atoms with van der Waals surface area (Å²) in [6.07, 6.45) is -0.806. The molecule has 4 heteroatoms. The first-order valence-corrected chi connectivity index (χ1v) is 3.33. The molecule has 0 aromatic carbocycles. The van der Waals surface area contributed by atoms with Gasteiger partial charge in [-0.3, -0.25) is 0 Å². The molecule has 0 aromatic rings. The monoisotopic (exact) mass is 152 g/mol. The van der Waals surface area contributed by atoms with E-state index in [-0.39, 0.29) is 6.29 Å². The van der Waals surface area contributed by atoms with Gasteiger partial charge in [-0.25, -0.2) is 0 Å². The number of aliphatic hydroxyl groups excluding tert-OH is 1. The molecule has 0 radical (unpaired) electrons. The van der Waals surface area contributed by atoms with Gasteiger partial charge in [-0.1, -0.05) is 0 Å².